The average molecular weight is 525 g/mol. The molecule has 2 fully saturated rings. The highest BCUT2D eigenvalue weighted by Gasteiger charge is 2.45. The van der Waals surface area contributed by atoms with Crippen molar-refractivity contribution in [2.75, 3.05) is 36.4 Å². The summed E-state index contributed by atoms with van der Waals surface area (Å²) in [6.45, 7) is 4.97. The Hall–Kier alpha value is -2.99. The van der Waals surface area contributed by atoms with E-state index in [0.717, 1.165) is 25.0 Å². The van der Waals surface area contributed by atoms with E-state index in [1.807, 2.05) is 6.92 Å². The number of halogens is 4. The van der Waals surface area contributed by atoms with Crippen molar-refractivity contribution in [2.45, 2.75) is 57.0 Å². The van der Waals surface area contributed by atoms with Crippen molar-refractivity contribution in [3.8, 4) is 0 Å². The van der Waals surface area contributed by atoms with Gasteiger partial charge in [-0.1, -0.05) is 12.1 Å². The van der Waals surface area contributed by atoms with Crippen LogP contribution < -0.4 is 16.0 Å². The van der Waals surface area contributed by atoms with Gasteiger partial charge in [0.05, 0.1) is 17.7 Å². The first-order chi connectivity index (χ1) is 17.3. The lowest BCUT2D eigenvalue weighted by Crippen LogP contribution is -2.55. The van der Waals surface area contributed by atoms with Gasteiger partial charge in [0.25, 0.3) is 0 Å². The second kappa shape index (κ2) is 10.1. The fraction of sp³-hybridized carbons (Fsp3) is 0.560. The Morgan fingerprint density at radius 1 is 1.24 bits per heavy atom. The number of benzene rings is 1. The van der Waals surface area contributed by atoms with Gasteiger partial charge in [-0.05, 0) is 57.4 Å². The maximum absolute atomic E-state index is 15.7. The first kappa shape index (κ1) is 27.1. The van der Waals surface area contributed by atoms with Crippen LogP contribution in [0.4, 0.5) is 29.2 Å². The maximum atomic E-state index is 15.7. The molecule has 12 heteroatoms. The summed E-state index contributed by atoms with van der Waals surface area (Å²) < 4.78 is 54.5. The molecule has 37 heavy (non-hydrogen) atoms. The zero-order chi connectivity index (χ0) is 27.0. The Kier molecular flexibility index (Phi) is 7.35. The largest absolute Gasteiger partial charge is 0.416 e. The number of carbonyl (C=O) groups excluding carboxylic acids is 1. The second-order valence-electron chi connectivity index (χ2n) is 10.5. The summed E-state index contributed by atoms with van der Waals surface area (Å²) in [4.78, 5) is 23.0. The fourth-order valence-electron chi connectivity index (χ4n) is 4.83. The van der Waals surface area contributed by atoms with Gasteiger partial charge in [0.15, 0.2) is 11.6 Å². The summed E-state index contributed by atoms with van der Waals surface area (Å²) in [5, 5.41) is 13.9. The van der Waals surface area contributed by atoms with Gasteiger partial charge in [-0.3, -0.25) is 9.69 Å². The number of piperidine rings is 1. The van der Waals surface area contributed by atoms with Crippen molar-refractivity contribution >= 4 is 17.5 Å². The number of nitrogens with two attached hydrogens (primary N) is 1. The lowest BCUT2D eigenvalue weighted by Gasteiger charge is -2.42. The van der Waals surface area contributed by atoms with E-state index in [4.69, 9.17) is 5.73 Å². The van der Waals surface area contributed by atoms with Crippen LogP contribution in [-0.4, -0.2) is 63.2 Å². The van der Waals surface area contributed by atoms with Crippen molar-refractivity contribution in [3.63, 3.8) is 0 Å². The Bertz CT molecular complexity index is 1120. The number of aromatic nitrogens is 2. The summed E-state index contributed by atoms with van der Waals surface area (Å²) in [6, 6.07) is 4.83. The first-order valence-electron chi connectivity index (χ1n) is 12.2. The molecule has 1 aliphatic heterocycles. The highest BCUT2D eigenvalue weighted by molar-refractivity contribution is 5.75. The highest BCUT2D eigenvalue weighted by atomic mass is 19.4. The second-order valence-corrected chi connectivity index (χ2v) is 10.5. The highest BCUT2D eigenvalue weighted by Crippen LogP contribution is 2.45. The van der Waals surface area contributed by atoms with E-state index >= 15 is 4.39 Å². The minimum absolute atomic E-state index is 0.0120. The molecule has 8 nitrogen and oxygen atoms in total. The van der Waals surface area contributed by atoms with Crippen molar-refractivity contribution in [2.24, 2.45) is 11.7 Å². The molecular weight excluding hydrogens is 492 g/mol. The van der Waals surface area contributed by atoms with Gasteiger partial charge < -0.3 is 21.1 Å². The minimum Gasteiger partial charge on any atom is -0.388 e. The molecule has 1 aromatic heterocycles. The molecule has 1 saturated heterocycles. The summed E-state index contributed by atoms with van der Waals surface area (Å²) in [5.41, 5.74) is 3.64. The molecule has 0 unspecified atom stereocenters. The summed E-state index contributed by atoms with van der Waals surface area (Å²) in [6.07, 6.45) is -1.01. The standard InChI is InChI=1S/C25H32F4N6O2/c1-23(8-9-23)35(12-16-3-5-17(6-4-16)25(27,28)29)22-20(26)21(32-15-33-22)31-11-18-7-10-34(13-19(30)36)14-24(18,2)37/h3-6,15,18,37H,7-14H2,1-2H3,(H2,30,36)(H,31,32,33)/t18-,24-/m0/s1. The van der Waals surface area contributed by atoms with Gasteiger partial charge in [-0.25, -0.2) is 9.97 Å². The summed E-state index contributed by atoms with van der Waals surface area (Å²) in [5.74, 6) is -1.29. The first-order valence-corrected chi connectivity index (χ1v) is 12.2. The van der Waals surface area contributed by atoms with E-state index in [-0.39, 0.29) is 49.3 Å². The Morgan fingerprint density at radius 2 is 1.92 bits per heavy atom. The van der Waals surface area contributed by atoms with Crippen molar-refractivity contribution < 1.29 is 27.5 Å². The number of anilines is 2. The smallest absolute Gasteiger partial charge is 0.388 e. The molecule has 0 radical (unpaired) electrons. The Labute approximate surface area is 212 Å². The van der Waals surface area contributed by atoms with Crippen LogP contribution in [-0.2, 0) is 17.5 Å². The third kappa shape index (κ3) is 6.30. The fourth-order valence-corrected chi connectivity index (χ4v) is 4.83. The van der Waals surface area contributed by atoms with Gasteiger partial charge >= 0.3 is 6.18 Å². The molecule has 2 heterocycles. The number of alkyl halides is 3. The number of likely N-dealkylation sites (tertiary alicyclic amines) is 1. The van der Waals surface area contributed by atoms with Crippen LogP contribution in [0, 0.1) is 11.7 Å². The quantitative estimate of drug-likeness (QED) is 0.433. The van der Waals surface area contributed by atoms with Gasteiger partial charge in [-0.2, -0.15) is 17.6 Å². The molecule has 4 N–H and O–H groups in total. The van der Waals surface area contributed by atoms with Crippen LogP contribution in [0.5, 0.6) is 0 Å². The molecular formula is C25H32F4N6O2. The van der Waals surface area contributed by atoms with Crippen LogP contribution >= 0.6 is 0 Å². The van der Waals surface area contributed by atoms with Crippen LogP contribution in [0.3, 0.4) is 0 Å². The lowest BCUT2D eigenvalue weighted by molar-refractivity contribution is -0.137. The SMILES string of the molecule is CC1(N(Cc2ccc(C(F)(F)F)cc2)c2ncnc(NC[C@@H]3CCN(CC(N)=O)C[C@]3(C)O)c2F)CC1. The number of aliphatic hydroxyl groups is 1. The molecule has 0 bridgehead atoms. The number of nitrogens with zero attached hydrogens (tertiary/aromatic N) is 4. The number of β-amino-alcohol motifs (C(OH)–C–C–N with tert-alkyl or cyclic N) is 1. The molecule has 4 rings (SSSR count). The maximum Gasteiger partial charge on any atom is 0.416 e. The Morgan fingerprint density at radius 3 is 2.49 bits per heavy atom. The monoisotopic (exact) mass is 524 g/mol. The third-order valence-corrected chi connectivity index (χ3v) is 7.39. The van der Waals surface area contributed by atoms with E-state index < -0.39 is 29.1 Å². The van der Waals surface area contributed by atoms with E-state index in [2.05, 4.69) is 15.3 Å². The number of rotatable bonds is 9. The lowest BCUT2D eigenvalue weighted by atomic mass is 9.82. The van der Waals surface area contributed by atoms with Crippen molar-refractivity contribution in [1.82, 2.24) is 14.9 Å². The van der Waals surface area contributed by atoms with Gasteiger partial charge in [0.2, 0.25) is 11.7 Å². The zero-order valence-electron chi connectivity index (χ0n) is 20.9. The van der Waals surface area contributed by atoms with E-state index in [1.54, 1.807) is 16.7 Å². The van der Waals surface area contributed by atoms with Crippen molar-refractivity contribution in [1.29, 1.82) is 0 Å². The third-order valence-electron chi connectivity index (χ3n) is 7.39. The topological polar surface area (TPSA) is 108 Å². The molecule has 1 saturated carbocycles. The minimum atomic E-state index is -4.43. The van der Waals surface area contributed by atoms with E-state index in [9.17, 15) is 23.1 Å². The molecule has 0 spiro atoms. The number of nitrogens with one attached hydrogen (secondary N) is 1. The molecule has 202 valence electrons. The normalized spacial score (nSPS) is 23.5. The number of amides is 1. The van der Waals surface area contributed by atoms with Crippen LogP contribution in [0.25, 0.3) is 0 Å². The molecule has 2 aromatic rings. The molecule has 1 amide bonds. The molecule has 1 aliphatic carbocycles. The van der Waals surface area contributed by atoms with Crippen LogP contribution in [0.15, 0.2) is 30.6 Å². The zero-order valence-corrected chi connectivity index (χ0v) is 20.9. The number of hydrogen-bond acceptors (Lipinski definition) is 7. The Balaban J connectivity index is 1.48. The van der Waals surface area contributed by atoms with Crippen LogP contribution in [0.1, 0.15) is 44.2 Å². The predicted molar refractivity (Wildman–Crippen MR) is 130 cm³/mol. The predicted octanol–water partition coefficient (Wildman–Crippen LogP) is 3.16. The van der Waals surface area contributed by atoms with Crippen LogP contribution in [0.2, 0.25) is 0 Å². The van der Waals surface area contributed by atoms with Crippen molar-refractivity contribution in [3.05, 3.63) is 47.5 Å². The van der Waals surface area contributed by atoms with Gasteiger partial charge in [0.1, 0.15) is 6.33 Å². The number of carbonyl (C=O) groups is 1. The summed E-state index contributed by atoms with van der Waals surface area (Å²) >= 11 is 0. The van der Waals surface area contributed by atoms with Gasteiger partial charge in [0, 0.05) is 31.1 Å². The molecule has 1 aromatic carbocycles. The molecule has 2 atom stereocenters. The van der Waals surface area contributed by atoms with E-state index in [1.165, 1.54) is 18.5 Å². The average Bonchev–Trinajstić information content (AvgIpc) is 3.55. The summed E-state index contributed by atoms with van der Waals surface area (Å²) in [7, 11) is 0. The number of primary amides is 1. The van der Waals surface area contributed by atoms with E-state index in [0.29, 0.717) is 18.5 Å². The molecule has 2 aliphatic rings. The van der Waals surface area contributed by atoms with Gasteiger partial charge in [-0.15, -0.1) is 0 Å². The number of hydrogen-bond donors (Lipinski definition) is 3.